The molecule has 1 N–H and O–H groups in total. The number of hydrogen-bond acceptors (Lipinski definition) is 4. The lowest BCUT2D eigenvalue weighted by Crippen LogP contribution is -2.44. The second kappa shape index (κ2) is 7.00. The van der Waals surface area contributed by atoms with E-state index < -0.39 is 12.0 Å². The average Bonchev–Trinajstić information content (AvgIpc) is 2.22. The van der Waals surface area contributed by atoms with Crippen LogP contribution in [0.1, 0.15) is 20.3 Å². The fourth-order valence-corrected chi connectivity index (χ4v) is 2.95. The van der Waals surface area contributed by atoms with Crippen LogP contribution < -0.4 is 0 Å². The molecular formula is C9H17NO3S2. The van der Waals surface area contributed by atoms with E-state index in [1.807, 2.05) is 13.2 Å². The van der Waals surface area contributed by atoms with Crippen molar-refractivity contribution in [3.05, 3.63) is 0 Å². The van der Waals surface area contributed by atoms with E-state index in [-0.39, 0.29) is 11.2 Å². The molecule has 0 aromatic rings. The average molecular weight is 251 g/mol. The molecule has 0 aliphatic heterocycles. The first-order chi connectivity index (χ1) is 6.95. The van der Waals surface area contributed by atoms with Crippen molar-refractivity contribution in [2.24, 2.45) is 0 Å². The van der Waals surface area contributed by atoms with Crippen molar-refractivity contribution in [2.45, 2.75) is 31.6 Å². The summed E-state index contributed by atoms with van der Waals surface area (Å²) < 4.78 is 0. The Hall–Kier alpha value is -0.360. The maximum Gasteiger partial charge on any atom is 0.326 e. The molecular weight excluding hydrogens is 234 g/mol. The zero-order valence-corrected chi connectivity index (χ0v) is 11.0. The Morgan fingerprint density at radius 1 is 1.47 bits per heavy atom. The molecule has 0 saturated carbocycles. The molecule has 1 amide bonds. The molecule has 0 fully saturated rings. The van der Waals surface area contributed by atoms with Gasteiger partial charge in [-0.25, -0.2) is 4.79 Å². The molecule has 0 bridgehead atoms. The van der Waals surface area contributed by atoms with Crippen LogP contribution in [0.5, 0.6) is 0 Å². The van der Waals surface area contributed by atoms with E-state index in [1.165, 1.54) is 40.5 Å². The van der Waals surface area contributed by atoms with E-state index in [0.29, 0.717) is 6.42 Å². The van der Waals surface area contributed by atoms with Gasteiger partial charge in [-0.15, -0.1) is 0 Å². The predicted molar refractivity (Wildman–Crippen MR) is 65.1 cm³/mol. The lowest BCUT2D eigenvalue weighted by atomic mass is 10.2. The molecule has 15 heavy (non-hydrogen) atoms. The summed E-state index contributed by atoms with van der Waals surface area (Å²) in [4.78, 5) is 23.8. The second-order valence-corrected chi connectivity index (χ2v) is 5.80. The second-order valence-electron chi connectivity index (χ2n) is 3.12. The zero-order chi connectivity index (χ0) is 12.0. The van der Waals surface area contributed by atoms with Gasteiger partial charge in [0.2, 0.25) is 5.91 Å². The van der Waals surface area contributed by atoms with Gasteiger partial charge < -0.3 is 10.0 Å². The largest absolute Gasteiger partial charge is 0.480 e. The number of rotatable bonds is 6. The van der Waals surface area contributed by atoms with Gasteiger partial charge in [0.15, 0.2) is 0 Å². The highest BCUT2D eigenvalue weighted by Crippen LogP contribution is 2.27. The number of carboxylic acid groups (broad SMARTS) is 1. The fraction of sp³-hybridized carbons (Fsp3) is 0.778. The Morgan fingerprint density at radius 2 is 2.00 bits per heavy atom. The van der Waals surface area contributed by atoms with Gasteiger partial charge in [0.05, 0.1) is 5.25 Å². The van der Waals surface area contributed by atoms with Gasteiger partial charge in [-0.3, -0.25) is 4.79 Å². The third-order valence-corrected chi connectivity index (χ3v) is 4.38. The summed E-state index contributed by atoms with van der Waals surface area (Å²) in [5.41, 5.74) is 0. The first-order valence-electron chi connectivity index (χ1n) is 4.64. The van der Waals surface area contributed by atoms with Crippen molar-refractivity contribution in [2.75, 3.05) is 13.3 Å². The normalized spacial score (nSPS) is 14.4. The summed E-state index contributed by atoms with van der Waals surface area (Å²) in [5.74, 6) is -1.10. The van der Waals surface area contributed by atoms with Crippen LogP contribution in [-0.4, -0.2) is 46.5 Å². The van der Waals surface area contributed by atoms with E-state index in [1.54, 1.807) is 0 Å². The molecule has 0 aliphatic carbocycles. The van der Waals surface area contributed by atoms with E-state index >= 15 is 0 Å². The van der Waals surface area contributed by atoms with Gasteiger partial charge in [0.1, 0.15) is 6.04 Å². The van der Waals surface area contributed by atoms with E-state index in [9.17, 15) is 9.59 Å². The molecule has 0 heterocycles. The molecule has 0 aromatic heterocycles. The maximum atomic E-state index is 11.8. The van der Waals surface area contributed by atoms with Crippen molar-refractivity contribution in [1.29, 1.82) is 0 Å². The highest BCUT2D eigenvalue weighted by Gasteiger charge is 2.27. The summed E-state index contributed by atoms with van der Waals surface area (Å²) in [5, 5.41) is 8.62. The fourth-order valence-electron chi connectivity index (χ4n) is 0.984. The number of likely N-dealkylation sites (N-methyl/N-ethyl adjacent to an activating group) is 1. The highest BCUT2D eigenvalue weighted by molar-refractivity contribution is 8.76. The summed E-state index contributed by atoms with van der Waals surface area (Å²) in [6, 6.07) is -0.769. The van der Waals surface area contributed by atoms with Crippen LogP contribution in [0.4, 0.5) is 0 Å². The molecule has 0 saturated heterocycles. The lowest BCUT2D eigenvalue weighted by molar-refractivity contribution is -0.148. The van der Waals surface area contributed by atoms with Crippen LogP contribution in [0.2, 0.25) is 0 Å². The quantitative estimate of drug-likeness (QED) is 0.728. The van der Waals surface area contributed by atoms with Crippen LogP contribution in [0.3, 0.4) is 0 Å². The molecule has 0 radical (unpaired) electrons. The predicted octanol–water partition coefficient (Wildman–Crippen LogP) is 1.71. The number of hydrogen-bond donors (Lipinski definition) is 1. The molecule has 0 rings (SSSR count). The standard InChI is InChI=1S/C9H17NO3S2/c1-5-7(15-14-4)8(11)10(3)6(2)9(12)13/h6-7H,5H2,1-4H3,(H,12,13)/t6-,7?/m0/s1. The van der Waals surface area contributed by atoms with Crippen LogP contribution in [0, 0.1) is 0 Å². The molecule has 6 heteroatoms. The Labute approximate surface area is 98.2 Å². The number of carbonyl (C=O) groups excluding carboxylic acids is 1. The van der Waals surface area contributed by atoms with Gasteiger partial charge in [0, 0.05) is 7.05 Å². The first-order valence-corrected chi connectivity index (χ1v) is 7.26. The summed E-state index contributed by atoms with van der Waals surface area (Å²) in [6.07, 6.45) is 2.61. The minimum atomic E-state index is -0.977. The number of amides is 1. The van der Waals surface area contributed by atoms with E-state index in [2.05, 4.69) is 0 Å². The number of aliphatic carboxylic acids is 1. The topological polar surface area (TPSA) is 57.6 Å². The van der Waals surface area contributed by atoms with Crippen molar-refractivity contribution in [3.8, 4) is 0 Å². The third-order valence-electron chi connectivity index (χ3n) is 2.14. The number of nitrogens with zero attached hydrogens (tertiary/aromatic N) is 1. The number of carboxylic acids is 1. The molecule has 0 aliphatic rings. The molecule has 4 nitrogen and oxygen atoms in total. The highest BCUT2D eigenvalue weighted by atomic mass is 33.1. The minimum absolute atomic E-state index is 0.119. The summed E-state index contributed by atoms with van der Waals surface area (Å²) in [6.45, 7) is 3.43. The first kappa shape index (κ1) is 14.6. The Bertz CT molecular complexity index is 235. The minimum Gasteiger partial charge on any atom is -0.480 e. The van der Waals surface area contributed by atoms with Gasteiger partial charge in [-0.05, 0) is 19.6 Å². The Balaban J connectivity index is 4.46. The molecule has 0 aromatic carbocycles. The summed E-state index contributed by atoms with van der Waals surface area (Å²) >= 11 is 0. The molecule has 2 atom stereocenters. The Kier molecular flexibility index (Phi) is 6.84. The van der Waals surface area contributed by atoms with Crippen molar-refractivity contribution >= 4 is 33.5 Å². The monoisotopic (exact) mass is 251 g/mol. The molecule has 1 unspecified atom stereocenters. The van der Waals surface area contributed by atoms with Crippen molar-refractivity contribution in [3.63, 3.8) is 0 Å². The zero-order valence-electron chi connectivity index (χ0n) is 9.39. The lowest BCUT2D eigenvalue weighted by Gasteiger charge is -2.25. The smallest absolute Gasteiger partial charge is 0.326 e. The maximum absolute atomic E-state index is 11.8. The van der Waals surface area contributed by atoms with Crippen LogP contribution in [0.25, 0.3) is 0 Å². The van der Waals surface area contributed by atoms with Crippen molar-refractivity contribution in [1.82, 2.24) is 4.90 Å². The van der Waals surface area contributed by atoms with Gasteiger partial charge in [-0.1, -0.05) is 28.5 Å². The SMILES string of the molecule is CCC(SSC)C(=O)N(C)[C@@H](C)C(=O)O. The number of carbonyl (C=O) groups is 2. The van der Waals surface area contributed by atoms with Gasteiger partial charge in [0.25, 0.3) is 0 Å². The van der Waals surface area contributed by atoms with Gasteiger partial charge >= 0.3 is 5.97 Å². The van der Waals surface area contributed by atoms with E-state index in [0.717, 1.165) is 0 Å². The van der Waals surface area contributed by atoms with Gasteiger partial charge in [-0.2, -0.15) is 0 Å². The Morgan fingerprint density at radius 3 is 2.33 bits per heavy atom. The van der Waals surface area contributed by atoms with Crippen molar-refractivity contribution < 1.29 is 14.7 Å². The molecule has 0 spiro atoms. The van der Waals surface area contributed by atoms with Crippen LogP contribution in [0.15, 0.2) is 0 Å². The summed E-state index contributed by atoms with van der Waals surface area (Å²) in [7, 11) is 4.53. The van der Waals surface area contributed by atoms with E-state index in [4.69, 9.17) is 5.11 Å². The van der Waals surface area contributed by atoms with Crippen LogP contribution in [-0.2, 0) is 9.59 Å². The van der Waals surface area contributed by atoms with Crippen LogP contribution >= 0.6 is 21.6 Å². The third kappa shape index (κ3) is 4.34. The molecule has 88 valence electrons.